The Morgan fingerprint density at radius 2 is 1.83 bits per heavy atom. The van der Waals surface area contributed by atoms with Gasteiger partial charge < -0.3 is 24.2 Å². The second-order valence-electron chi connectivity index (χ2n) is 14.9. The summed E-state index contributed by atoms with van der Waals surface area (Å²) in [5.41, 5.74) is 3.25. The number of carbonyl (C=O) groups excluding carboxylic acids is 1. The van der Waals surface area contributed by atoms with Crippen molar-refractivity contribution in [1.29, 1.82) is 5.26 Å². The first-order chi connectivity index (χ1) is 25.5. The van der Waals surface area contributed by atoms with Gasteiger partial charge in [0.15, 0.2) is 0 Å². The lowest BCUT2D eigenvalue weighted by molar-refractivity contribution is -0.128. The topological polar surface area (TPSA) is 101 Å². The van der Waals surface area contributed by atoms with Gasteiger partial charge in [-0.3, -0.25) is 14.6 Å². The normalized spacial score (nSPS) is 22.2. The minimum atomic E-state index is -0.243. The first kappa shape index (κ1) is 35.1. The third-order valence-electron chi connectivity index (χ3n) is 11.8. The first-order valence-electron chi connectivity index (χ1n) is 19.1. The molecule has 5 aliphatic rings. The van der Waals surface area contributed by atoms with Crippen LogP contribution >= 0.6 is 11.6 Å². The summed E-state index contributed by atoms with van der Waals surface area (Å²) in [6.45, 7) is 10.2. The lowest BCUT2D eigenvalue weighted by Crippen LogP contribution is -2.55. The number of benzene rings is 2. The number of aromatic nitrogens is 2. The summed E-state index contributed by atoms with van der Waals surface area (Å²) in [6, 6.07) is 14.9. The molecular weight excluding hydrogens is 676 g/mol. The van der Waals surface area contributed by atoms with Gasteiger partial charge in [-0.15, -0.1) is 0 Å². The van der Waals surface area contributed by atoms with E-state index in [4.69, 9.17) is 31.0 Å². The van der Waals surface area contributed by atoms with Crippen molar-refractivity contribution in [3.8, 4) is 12.1 Å². The Balaban J connectivity index is 1.04. The lowest BCUT2D eigenvalue weighted by atomic mass is 9.95. The Morgan fingerprint density at radius 3 is 2.63 bits per heavy atom. The second kappa shape index (κ2) is 15.6. The third kappa shape index (κ3) is 7.19. The molecule has 8 rings (SSSR count). The number of nitrogens with zero attached hydrogens (tertiary/aromatic N) is 8. The fourth-order valence-corrected chi connectivity index (χ4v) is 9.38. The van der Waals surface area contributed by atoms with E-state index in [-0.39, 0.29) is 23.9 Å². The number of piperazine rings is 1. The van der Waals surface area contributed by atoms with E-state index in [1.54, 1.807) is 6.08 Å². The maximum atomic E-state index is 13.5. The van der Waals surface area contributed by atoms with Gasteiger partial charge in [0.2, 0.25) is 5.91 Å². The smallest absolute Gasteiger partial charge is 0.318 e. The molecule has 0 spiro atoms. The Morgan fingerprint density at radius 1 is 1.02 bits per heavy atom. The molecule has 2 aromatic carbocycles. The van der Waals surface area contributed by atoms with Crippen molar-refractivity contribution in [2.45, 2.75) is 63.1 Å². The van der Waals surface area contributed by atoms with E-state index in [2.05, 4.69) is 49.9 Å². The Labute approximate surface area is 311 Å². The Kier molecular flexibility index (Phi) is 10.5. The number of ether oxygens (including phenoxy) is 2. The van der Waals surface area contributed by atoms with Crippen molar-refractivity contribution in [3.63, 3.8) is 0 Å². The third-order valence-corrected chi connectivity index (χ3v) is 12.2. The summed E-state index contributed by atoms with van der Waals surface area (Å²) in [5, 5.41) is 12.8. The molecule has 12 heteroatoms. The van der Waals surface area contributed by atoms with Crippen molar-refractivity contribution in [1.82, 2.24) is 24.7 Å². The van der Waals surface area contributed by atoms with Crippen LogP contribution in [0.25, 0.3) is 10.8 Å². The highest BCUT2D eigenvalue weighted by Gasteiger charge is 2.45. The van der Waals surface area contributed by atoms with E-state index in [1.165, 1.54) is 12.8 Å². The molecule has 274 valence electrons. The van der Waals surface area contributed by atoms with E-state index < -0.39 is 0 Å². The van der Waals surface area contributed by atoms with Crippen molar-refractivity contribution in [2.24, 2.45) is 0 Å². The van der Waals surface area contributed by atoms with Crippen molar-refractivity contribution in [2.75, 3.05) is 88.5 Å². The predicted molar refractivity (Wildman–Crippen MR) is 203 cm³/mol. The predicted octanol–water partition coefficient (Wildman–Crippen LogP) is 5.06. The molecule has 1 atom stereocenters. The van der Waals surface area contributed by atoms with Crippen molar-refractivity contribution < 1.29 is 14.3 Å². The number of anilines is 2. The minimum absolute atomic E-state index is 0.0306. The quantitative estimate of drug-likeness (QED) is 0.264. The van der Waals surface area contributed by atoms with E-state index >= 15 is 0 Å². The maximum Gasteiger partial charge on any atom is 0.318 e. The lowest BCUT2D eigenvalue weighted by Gasteiger charge is -2.42. The molecule has 5 aliphatic heterocycles. The molecular formula is C40H49ClN8O3. The van der Waals surface area contributed by atoms with Gasteiger partial charge in [0.25, 0.3) is 0 Å². The number of hydrogen-bond acceptors (Lipinski definition) is 10. The molecule has 52 heavy (non-hydrogen) atoms. The van der Waals surface area contributed by atoms with Crippen molar-refractivity contribution in [3.05, 3.63) is 64.8 Å². The molecule has 3 aromatic rings. The molecule has 0 saturated carbocycles. The van der Waals surface area contributed by atoms with Crippen LogP contribution in [-0.4, -0.2) is 121 Å². The number of halogens is 1. The van der Waals surface area contributed by atoms with Gasteiger partial charge in [0, 0.05) is 62.5 Å². The number of nitriles is 1. The van der Waals surface area contributed by atoms with Crippen LogP contribution in [0.2, 0.25) is 5.02 Å². The van der Waals surface area contributed by atoms with Crippen LogP contribution in [0.5, 0.6) is 6.01 Å². The number of rotatable bonds is 10. The summed E-state index contributed by atoms with van der Waals surface area (Å²) in [4.78, 5) is 35.2. The molecule has 0 N–H and O–H groups in total. The van der Waals surface area contributed by atoms with Gasteiger partial charge in [-0.1, -0.05) is 41.9 Å². The molecule has 0 bridgehead atoms. The van der Waals surface area contributed by atoms with Crippen LogP contribution in [0.3, 0.4) is 0 Å². The largest absolute Gasteiger partial charge is 0.461 e. The summed E-state index contributed by atoms with van der Waals surface area (Å²) in [7, 11) is 0. The van der Waals surface area contributed by atoms with Crippen molar-refractivity contribution >= 4 is 39.8 Å². The molecule has 11 nitrogen and oxygen atoms in total. The van der Waals surface area contributed by atoms with Gasteiger partial charge in [0.05, 0.1) is 54.5 Å². The zero-order valence-electron chi connectivity index (χ0n) is 30.0. The fourth-order valence-electron chi connectivity index (χ4n) is 9.10. The van der Waals surface area contributed by atoms with Crippen LogP contribution in [-0.2, 0) is 22.5 Å². The van der Waals surface area contributed by atoms with Gasteiger partial charge in [-0.25, -0.2) is 0 Å². The second-order valence-corrected chi connectivity index (χ2v) is 15.3. The number of carbonyl (C=O) groups is 1. The van der Waals surface area contributed by atoms with E-state index in [9.17, 15) is 10.1 Å². The molecule has 4 fully saturated rings. The summed E-state index contributed by atoms with van der Waals surface area (Å²) in [5.74, 6) is 0.843. The fraction of sp³-hybridized carbons (Fsp3) is 0.550. The van der Waals surface area contributed by atoms with Gasteiger partial charge >= 0.3 is 6.01 Å². The number of morpholine rings is 1. The average molecular weight is 725 g/mol. The van der Waals surface area contributed by atoms with Crippen LogP contribution in [0, 0.1) is 11.3 Å². The van der Waals surface area contributed by atoms with Crippen LogP contribution in [0.4, 0.5) is 11.5 Å². The summed E-state index contributed by atoms with van der Waals surface area (Å²) in [6.07, 6.45) is 10.2. The number of amides is 1. The van der Waals surface area contributed by atoms with Crippen LogP contribution < -0.4 is 14.5 Å². The zero-order chi connectivity index (χ0) is 35.5. The molecule has 6 heterocycles. The summed E-state index contributed by atoms with van der Waals surface area (Å²) >= 11 is 6.78. The number of hydrogen-bond donors (Lipinski definition) is 0. The molecule has 0 radical (unpaired) electrons. The highest BCUT2D eigenvalue weighted by atomic mass is 35.5. The Bertz CT molecular complexity index is 1830. The Hall–Kier alpha value is -3.95. The highest BCUT2D eigenvalue weighted by Crippen LogP contribution is 2.40. The SMILES string of the molecule is N#CC[C@H]1CN(c2nc(OCC34CCCN3CCC4)nc3c2CCN(c2cccc4cccc(Cl)c24)C3)CCN1C(=O)/C=C/CCN1CCOCC1. The molecule has 1 aromatic heterocycles. The molecule has 0 aliphatic carbocycles. The van der Waals surface area contributed by atoms with Crippen LogP contribution in [0.1, 0.15) is 49.8 Å². The zero-order valence-corrected chi connectivity index (χ0v) is 30.8. The maximum absolute atomic E-state index is 13.5. The first-order valence-corrected chi connectivity index (χ1v) is 19.5. The van der Waals surface area contributed by atoms with E-state index in [1.807, 2.05) is 23.1 Å². The van der Waals surface area contributed by atoms with E-state index in [0.29, 0.717) is 38.8 Å². The standard InChI is InChI=1S/C40H49ClN8O3/c41-33-9-3-7-30-8-4-10-35(37(30)33)46-20-13-32-34(28-46)43-39(52-29-40-14-5-18-48(40)19-6-15-40)44-38(32)47-21-22-49(31(27-47)12-16-42)36(50)11-1-2-17-45-23-25-51-26-24-45/h1,3-4,7-11,31H,2,5-6,12-15,17-29H2/b11-1+/t31-/m0/s1. The number of fused-ring (bicyclic) bond motifs is 3. The molecule has 0 unspecified atom stereocenters. The van der Waals surface area contributed by atoms with Crippen LogP contribution in [0.15, 0.2) is 48.6 Å². The molecule has 1 amide bonds. The highest BCUT2D eigenvalue weighted by molar-refractivity contribution is 6.36. The monoisotopic (exact) mass is 724 g/mol. The van der Waals surface area contributed by atoms with Gasteiger partial charge in [-0.05, 0) is 75.2 Å². The summed E-state index contributed by atoms with van der Waals surface area (Å²) < 4.78 is 12.0. The van der Waals surface area contributed by atoms with Gasteiger partial charge in [-0.2, -0.15) is 15.2 Å². The minimum Gasteiger partial charge on any atom is -0.461 e. The molecule has 4 saturated heterocycles. The van der Waals surface area contributed by atoms with E-state index in [0.717, 1.165) is 117 Å². The average Bonchev–Trinajstić information content (AvgIpc) is 3.76. The van der Waals surface area contributed by atoms with Gasteiger partial charge in [0.1, 0.15) is 12.4 Å².